The summed E-state index contributed by atoms with van der Waals surface area (Å²) < 4.78 is 5.67. The van der Waals surface area contributed by atoms with Crippen LogP contribution in [0, 0.1) is 0 Å². The molecule has 4 heteroatoms. The molecule has 1 aromatic carbocycles. The molecule has 0 spiro atoms. The number of anilines is 2. The molecule has 0 fully saturated rings. The molecule has 1 aliphatic heterocycles. The Bertz CT molecular complexity index is 571. The summed E-state index contributed by atoms with van der Waals surface area (Å²) in [6.07, 6.45) is 4.61. The van der Waals surface area contributed by atoms with Crippen LogP contribution in [0.3, 0.4) is 0 Å². The third-order valence-corrected chi connectivity index (χ3v) is 3.33. The zero-order chi connectivity index (χ0) is 13.1. The number of hydrogen-bond donors (Lipinski definition) is 2. The molecule has 2 aromatic rings. The van der Waals surface area contributed by atoms with Crippen molar-refractivity contribution >= 4 is 11.4 Å². The summed E-state index contributed by atoms with van der Waals surface area (Å²) in [5.41, 5.74) is 3.24. The second kappa shape index (κ2) is 5.18. The van der Waals surface area contributed by atoms with E-state index >= 15 is 0 Å². The first-order valence-electron chi connectivity index (χ1n) is 6.48. The molecular formula is C15H17N3O. The Morgan fingerprint density at radius 2 is 2.05 bits per heavy atom. The highest BCUT2D eigenvalue weighted by Crippen LogP contribution is 2.34. The molecule has 4 nitrogen and oxygen atoms in total. The number of para-hydroxylation sites is 1. The molecule has 2 N–H and O–H groups in total. The molecule has 19 heavy (non-hydrogen) atoms. The first kappa shape index (κ1) is 11.8. The van der Waals surface area contributed by atoms with Gasteiger partial charge < -0.3 is 15.4 Å². The van der Waals surface area contributed by atoms with Gasteiger partial charge in [-0.25, -0.2) is 0 Å². The number of aromatic nitrogens is 1. The van der Waals surface area contributed by atoms with Crippen LogP contribution in [-0.2, 0) is 0 Å². The molecule has 0 aliphatic carbocycles. The van der Waals surface area contributed by atoms with Crippen LogP contribution in [0.4, 0.5) is 11.4 Å². The summed E-state index contributed by atoms with van der Waals surface area (Å²) in [6, 6.07) is 10.5. The number of ether oxygens (including phenoxy) is 1. The van der Waals surface area contributed by atoms with Crippen LogP contribution in [-0.4, -0.2) is 18.6 Å². The monoisotopic (exact) mass is 255 g/mol. The lowest BCUT2D eigenvalue weighted by molar-refractivity contribution is 0.274. The molecule has 0 amide bonds. The topological polar surface area (TPSA) is 46.2 Å². The molecule has 2 heterocycles. The predicted molar refractivity (Wildman–Crippen MR) is 76.7 cm³/mol. The van der Waals surface area contributed by atoms with Crippen LogP contribution in [0.5, 0.6) is 5.75 Å². The van der Waals surface area contributed by atoms with Gasteiger partial charge in [0.05, 0.1) is 36.4 Å². The maximum Gasteiger partial charge on any atom is 0.124 e. The van der Waals surface area contributed by atoms with E-state index in [0.717, 1.165) is 30.2 Å². The Morgan fingerprint density at radius 3 is 2.95 bits per heavy atom. The van der Waals surface area contributed by atoms with E-state index in [1.807, 2.05) is 37.6 Å². The van der Waals surface area contributed by atoms with E-state index in [2.05, 4.69) is 27.8 Å². The van der Waals surface area contributed by atoms with Gasteiger partial charge in [0.1, 0.15) is 5.75 Å². The highest BCUT2D eigenvalue weighted by atomic mass is 16.5. The first-order chi connectivity index (χ1) is 9.36. The maximum absolute atomic E-state index is 5.67. The van der Waals surface area contributed by atoms with Gasteiger partial charge in [-0.05, 0) is 12.1 Å². The van der Waals surface area contributed by atoms with Crippen LogP contribution >= 0.6 is 0 Å². The van der Waals surface area contributed by atoms with Crippen LogP contribution < -0.4 is 15.4 Å². The number of rotatable bonds is 3. The second-order valence-corrected chi connectivity index (χ2v) is 4.58. The molecule has 1 unspecified atom stereocenters. The molecule has 1 aliphatic rings. The van der Waals surface area contributed by atoms with E-state index in [4.69, 9.17) is 4.74 Å². The SMILES string of the molecule is CNc1cncc(NC2CCOc3ccccc32)c1. The summed E-state index contributed by atoms with van der Waals surface area (Å²) in [7, 11) is 1.89. The van der Waals surface area contributed by atoms with Crippen molar-refractivity contribution < 1.29 is 4.74 Å². The third kappa shape index (κ3) is 2.47. The molecule has 98 valence electrons. The molecule has 1 aromatic heterocycles. The summed E-state index contributed by atoms with van der Waals surface area (Å²) in [6.45, 7) is 0.744. The van der Waals surface area contributed by atoms with Crippen molar-refractivity contribution in [1.29, 1.82) is 0 Å². The Morgan fingerprint density at radius 1 is 1.21 bits per heavy atom. The zero-order valence-electron chi connectivity index (χ0n) is 10.9. The largest absolute Gasteiger partial charge is 0.493 e. The molecule has 0 saturated carbocycles. The summed E-state index contributed by atoms with van der Waals surface area (Å²) in [5.74, 6) is 0.976. The number of hydrogen-bond acceptors (Lipinski definition) is 4. The van der Waals surface area contributed by atoms with Gasteiger partial charge in [-0.15, -0.1) is 0 Å². The number of nitrogens with one attached hydrogen (secondary N) is 2. The minimum absolute atomic E-state index is 0.277. The number of pyridine rings is 1. The maximum atomic E-state index is 5.67. The average molecular weight is 255 g/mol. The van der Waals surface area contributed by atoms with Crippen LogP contribution in [0.25, 0.3) is 0 Å². The molecular weight excluding hydrogens is 238 g/mol. The standard InChI is InChI=1S/C15H17N3O/c1-16-11-8-12(10-17-9-11)18-14-6-7-19-15-5-3-2-4-13(14)15/h2-5,8-10,14,16,18H,6-7H2,1H3. The van der Waals surface area contributed by atoms with Crippen molar-refractivity contribution in [3.05, 3.63) is 48.3 Å². The minimum atomic E-state index is 0.277. The van der Waals surface area contributed by atoms with Gasteiger partial charge >= 0.3 is 0 Å². The minimum Gasteiger partial charge on any atom is -0.493 e. The van der Waals surface area contributed by atoms with Crippen LogP contribution in [0.2, 0.25) is 0 Å². The van der Waals surface area contributed by atoms with Gasteiger partial charge in [0.2, 0.25) is 0 Å². The van der Waals surface area contributed by atoms with E-state index in [0.29, 0.717) is 0 Å². The van der Waals surface area contributed by atoms with Crippen molar-refractivity contribution in [3.8, 4) is 5.75 Å². The van der Waals surface area contributed by atoms with E-state index in [1.165, 1.54) is 5.56 Å². The normalized spacial score (nSPS) is 17.2. The van der Waals surface area contributed by atoms with Crippen molar-refractivity contribution in [2.45, 2.75) is 12.5 Å². The zero-order valence-corrected chi connectivity index (χ0v) is 10.9. The third-order valence-electron chi connectivity index (χ3n) is 3.33. The van der Waals surface area contributed by atoms with Crippen molar-refractivity contribution in [1.82, 2.24) is 4.98 Å². The van der Waals surface area contributed by atoms with Crippen molar-refractivity contribution in [3.63, 3.8) is 0 Å². The number of benzene rings is 1. The first-order valence-corrected chi connectivity index (χ1v) is 6.48. The molecule has 0 radical (unpaired) electrons. The summed E-state index contributed by atoms with van der Waals surface area (Å²) in [4.78, 5) is 4.22. The number of nitrogens with zero attached hydrogens (tertiary/aromatic N) is 1. The molecule has 1 atom stereocenters. The summed E-state index contributed by atoms with van der Waals surface area (Å²) >= 11 is 0. The lowest BCUT2D eigenvalue weighted by atomic mass is 10.0. The second-order valence-electron chi connectivity index (χ2n) is 4.58. The smallest absolute Gasteiger partial charge is 0.124 e. The van der Waals surface area contributed by atoms with Crippen molar-refractivity contribution in [2.24, 2.45) is 0 Å². The van der Waals surface area contributed by atoms with E-state index in [1.54, 1.807) is 0 Å². The van der Waals surface area contributed by atoms with Gasteiger partial charge in [0, 0.05) is 19.0 Å². The fourth-order valence-corrected chi connectivity index (χ4v) is 2.35. The predicted octanol–water partition coefficient (Wildman–Crippen LogP) is 3.06. The lowest BCUT2D eigenvalue weighted by Crippen LogP contribution is -2.20. The summed E-state index contributed by atoms with van der Waals surface area (Å²) in [5, 5.41) is 6.63. The highest BCUT2D eigenvalue weighted by molar-refractivity contribution is 5.55. The van der Waals surface area contributed by atoms with E-state index in [-0.39, 0.29) is 6.04 Å². The van der Waals surface area contributed by atoms with E-state index in [9.17, 15) is 0 Å². The molecule has 3 rings (SSSR count). The molecule has 0 bridgehead atoms. The van der Waals surface area contributed by atoms with Gasteiger partial charge in [0.15, 0.2) is 0 Å². The fraction of sp³-hybridized carbons (Fsp3) is 0.267. The van der Waals surface area contributed by atoms with Crippen molar-refractivity contribution in [2.75, 3.05) is 24.3 Å². The number of fused-ring (bicyclic) bond motifs is 1. The Balaban J connectivity index is 1.84. The fourth-order valence-electron chi connectivity index (χ4n) is 2.35. The van der Waals surface area contributed by atoms with Crippen LogP contribution in [0.1, 0.15) is 18.0 Å². The highest BCUT2D eigenvalue weighted by Gasteiger charge is 2.20. The Labute approximate surface area is 112 Å². The van der Waals surface area contributed by atoms with E-state index < -0.39 is 0 Å². The van der Waals surface area contributed by atoms with Gasteiger partial charge in [0.25, 0.3) is 0 Å². The lowest BCUT2D eigenvalue weighted by Gasteiger charge is -2.27. The van der Waals surface area contributed by atoms with Gasteiger partial charge in [-0.3, -0.25) is 4.98 Å². The molecule has 0 saturated heterocycles. The van der Waals surface area contributed by atoms with Gasteiger partial charge in [-0.2, -0.15) is 0 Å². The average Bonchev–Trinajstić information content (AvgIpc) is 2.48. The van der Waals surface area contributed by atoms with Crippen LogP contribution in [0.15, 0.2) is 42.7 Å². The quantitative estimate of drug-likeness (QED) is 0.885. The van der Waals surface area contributed by atoms with Gasteiger partial charge in [-0.1, -0.05) is 18.2 Å². The Kier molecular flexibility index (Phi) is 3.23. The Hall–Kier alpha value is -2.23.